The topological polar surface area (TPSA) is 27.8 Å². The Morgan fingerprint density at radius 3 is 3.18 bits per heavy atom. The molecule has 0 saturated carbocycles. The molecule has 2 atom stereocenters. The Bertz CT molecular complexity index is 587. The maximum absolute atomic E-state index is 3.69. The van der Waals surface area contributed by atoms with Gasteiger partial charge in [-0.15, -0.1) is 0 Å². The first-order valence-electron chi connectivity index (χ1n) is 6.37. The number of nitrogens with one attached hydrogen (secondary N) is 2. The van der Waals surface area contributed by atoms with Crippen LogP contribution in [0.2, 0.25) is 0 Å². The van der Waals surface area contributed by atoms with Gasteiger partial charge < -0.3 is 10.3 Å². The number of H-pyrrole nitrogens is 1. The first kappa shape index (κ1) is 10.2. The highest BCUT2D eigenvalue weighted by atomic mass is 79.9. The summed E-state index contributed by atoms with van der Waals surface area (Å²) in [4.78, 5) is 3.46. The molecule has 1 aliphatic heterocycles. The highest BCUT2D eigenvalue weighted by molar-refractivity contribution is 9.10. The van der Waals surface area contributed by atoms with E-state index in [1.807, 2.05) is 0 Å². The van der Waals surface area contributed by atoms with Crippen molar-refractivity contribution >= 4 is 26.8 Å². The van der Waals surface area contributed by atoms with Gasteiger partial charge in [0, 0.05) is 22.9 Å². The van der Waals surface area contributed by atoms with Crippen LogP contribution in [-0.4, -0.2) is 17.6 Å². The van der Waals surface area contributed by atoms with Crippen molar-refractivity contribution in [1.82, 2.24) is 10.3 Å². The Balaban J connectivity index is 2.01. The Labute approximate surface area is 109 Å². The second kappa shape index (κ2) is 3.59. The maximum Gasteiger partial charge on any atom is 0.0864 e. The van der Waals surface area contributed by atoms with Crippen molar-refractivity contribution in [3.63, 3.8) is 0 Å². The number of hydrogen-bond acceptors (Lipinski definition) is 1. The largest absolute Gasteiger partial charge is 0.349 e. The number of hydrogen-bond donors (Lipinski definition) is 2. The van der Waals surface area contributed by atoms with Gasteiger partial charge in [0.15, 0.2) is 0 Å². The van der Waals surface area contributed by atoms with Gasteiger partial charge in [-0.3, -0.25) is 0 Å². The summed E-state index contributed by atoms with van der Waals surface area (Å²) in [5, 5.41) is 5.16. The molecule has 1 aromatic heterocycles. The Morgan fingerprint density at radius 2 is 2.24 bits per heavy atom. The van der Waals surface area contributed by atoms with Crippen LogP contribution in [0.15, 0.2) is 22.8 Å². The lowest BCUT2D eigenvalue weighted by molar-refractivity contribution is 0.345. The summed E-state index contributed by atoms with van der Waals surface area (Å²) in [5.41, 5.74) is 4.29. The van der Waals surface area contributed by atoms with Gasteiger partial charge >= 0.3 is 0 Å². The molecule has 1 saturated heterocycles. The number of fused-ring (bicyclic) bond motifs is 2. The first-order chi connectivity index (χ1) is 8.34. The zero-order valence-electron chi connectivity index (χ0n) is 9.59. The zero-order chi connectivity index (χ0) is 11.4. The molecule has 0 amide bonds. The monoisotopic (exact) mass is 290 g/mol. The zero-order valence-corrected chi connectivity index (χ0v) is 11.2. The third-order valence-corrected chi connectivity index (χ3v) is 4.99. The second-order valence-corrected chi connectivity index (χ2v) is 5.99. The molecular formula is C14H15BrN2. The molecule has 4 rings (SSSR count). The smallest absolute Gasteiger partial charge is 0.0864 e. The van der Waals surface area contributed by atoms with Crippen LogP contribution in [0.5, 0.6) is 0 Å². The van der Waals surface area contributed by atoms with E-state index in [1.165, 1.54) is 40.5 Å². The lowest BCUT2D eigenvalue weighted by Gasteiger charge is -2.36. The highest BCUT2D eigenvalue weighted by Crippen LogP contribution is 2.42. The molecule has 2 aromatic rings. The molecule has 2 nitrogen and oxygen atoms in total. The van der Waals surface area contributed by atoms with E-state index in [2.05, 4.69) is 44.4 Å². The Morgan fingerprint density at radius 1 is 1.29 bits per heavy atom. The van der Waals surface area contributed by atoms with Crippen LogP contribution in [0.25, 0.3) is 10.9 Å². The number of rotatable bonds is 0. The van der Waals surface area contributed by atoms with Gasteiger partial charge in [0.1, 0.15) is 0 Å². The van der Waals surface area contributed by atoms with Crippen LogP contribution >= 0.6 is 15.9 Å². The number of piperidine rings is 1. The third kappa shape index (κ3) is 1.36. The van der Waals surface area contributed by atoms with E-state index >= 15 is 0 Å². The summed E-state index contributed by atoms with van der Waals surface area (Å²) in [7, 11) is 0. The van der Waals surface area contributed by atoms with Crippen molar-refractivity contribution in [3.8, 4) is 0 Å². The molecule has 0 spiro atoms. The summed E-state index contributed by atoms with van der Waals surface area (Å²) in [6.07, 6.45) is 3.79. The molecule has 17 heavy (non-hydrogen) atoms. The fourth-order valence-corrected chi connectivity index (χ4v) is 4.15. The van der Waals surface area contributed by atoms with Gasteiger partial charge in [0.2, 0.25) is 0 Å². The lowest BCUT2D eigenvalue weighted by atomic mass is 9.76. The molecule has 1 unspecified atom stereocenters. The van der Waals surface area contributed by atoms with E-state index in [0.717, 1.165) is 6.42 Å². The summed E-state index contributed by atoms with van der Waals surface area (Å²) in [6.45, 7) is 1.18. The van der Waals surface area contributed by atoms with E-state index < -0.39 is 0 Å². The van der Waals surface area contributed by atoms with E-state index in [4.69, 9.17) is 0 Å². The molecule has 88 valence electrons. The van der Waals surface area contributed by atoms with Gasteiger partial charge in [0.25, 0.3) is 0 Å². The van der Waals surface area contributed by atoms with Crippen molar-refractivity contribution in [2.75, 3.05) is 6.54 Å². The second-order valence-electron chi connectivity index (χ2n) is 5.20. The van der Waals surface area contributed by atoms with Crippen molar-refractivity contribution in [3.05, 3.63) is 33.9 Å². The fourth-order valence-electron chi connectivity index (χ4n) is 3.57. The molecule has 1 aliphatic carbocycles. The normalized spacial score (nSPS) is 27.1. The first-order valence-corrected chi connectivity index (χ1v) is 7.16. The molecule has 0 radical (unpaired) electrons. The van der Waals surface area contributed by atoms with Crippen LogP contribution < -0.4 is 5.32 Å². The molecule has 2 heterocycles. The predicted octanol–water partition coefficient (Wildman–Crippen LogP) is 3.32. The van der Waals surface area contributed by atoms with Crippen molar-refractivity contribution in [1.29, 1.82) is 0 Å². The van der Waals surface area contributed by atoms with Crippen LogP contribution in [-0.2, 0) is 6.42 Å². The summed E-state index contributed by atoms with van der Waals surface area (Å²) in [5.74, 6) is 0.711. The Kier molecular flexibility index (Phi) is 2.15. The average molecular weight is 291 g/mol. The molecule has 2 aliphatic rings. The molecule has 2 N–H and O–H groups in total. The molecule has 0 bridgehead atoms. The van der Waals surface area contributed by atoms with Gasteiger partial charge in [-0.2, -0.15) is 0 Å². The number of benzene rings is 1. The van der Waals surface area contributed by atoms with E-state index in [-0.39, 0.29) is 0 Å². The quantitative estimate of drug-likeness (QED) is 0.765. The van der Waals surface area contributed by atoms with E-state index in [0.29, 0.717) is 12.0 Å². The predicted molar refractivity (Wildman–Crippen MR) is 73.5 cm³/mol. The van der Waals surface area contributed by atoms with Crippen LogP contribution in [0.3, 0.4) is 0 Å². The lowest BCUT2D eigenvalue weighted by Crippen LogP contribution is -2.43. The number of aromatic nitrogens is 1. The minimum atomic E-state index is 0.633. The minimum Gasteiger partial charge on any atom is -0.349 e. The average Bonchev–Trinajstić information content (AvgIpc) is 2.68. The van der Waals surface area contributed by atoms with Crippen LogP contribution in [0.4, 0.5) is 0 Å². The SMILES string of the molecule is Brc1[nH]c2cccc3c2c1C[C@H]1NCCCC31. The maximum atomic E-state index is 3.69. The van der Waals surface area contributed by atoms with Gasteiger partial charge in [0.05, 0.1) is 4.60 Å². The minimum absolute atomic E-state index is 0.633. The summed E-state index contributed by atoms with van der Waals surface area (Å²) >= 11 is 3.67. The molecular weight excluding hydrogens is 276 g/mol. The van der Waals surface area contributed by atoms with Crippen LogP contribution in [0.1, 0.15) is 29.9 Å². The van der Waals surface area contributed by atoms with Crippen molar-refractivity contribution in [2.45, 2.75) is 31.2 Å². The summed E-state index contributed by atoms with van der Waals surface area (Å²) in [6, 6.07) is 7.31. The Hall–Kier alpha value is -0.800. The fraction of sp³-hybridized carbons (Fsp3) is 0.429. The molecule has 3 heteroatoms. The van der Waals surface area contributed by atoms with Gasteiger partial charge in [-0.1, -0.05) is 12.1 Å². The van der Waals surface area contributed by atoms with Gasteiger partial charge in [-0.25, -0.2) is 0 Å². The molecule has 1 fully saturated rings. The highest BCUT2D eigenvalue weighted by Gasteiger charge is 2.33. The van der Waals surface area contributed by atoms with Crippen LogP contribution in [0, 0.1) is 0 Å². The third-order valence-electron chi connectivity index (χ3n) is 4.32. The van der Waals surface area contributed by atoms with Gasteiger partial charge in [-0.05, 0) is 58.9 Å². The van der Waals surface area contributed by atoms with Crippen molar-refractivity contribution in [2.24, 2.45) is 0 Å². The van der Waals surface area contributed by atoms with Crippen molar-refractivity contribution < 1.29 is 0 Å². The number of halogens is 1. The van der Waals surface area contributed by atoms with E-state index in [9.17, 15) is 0 Å². The molecule has 1 aromatic carbocycles. The van der Waals surface area contributed by atoms with E-state index in [1.54, 1.807) is 5.56 Å². The summed E-state index contributed by atoms with van der Waals surface area (Å²) < 4.78 is 1.17. The standard InChI is InChI=1S/C14H15BrN2/c15-14-10-7-12-8(4-2-6-16-12)9-3-1-5-11(17-14)13(9)10/h1,3,5,8,12,16-17H,2,4,6-7H2/t8?,12-/m1/s1. The number of aromatic amines is 1.